The summed E-state index contributed by atoms with van der Waals surface area (Å²) in [4.78, 5) is 0. The molecule has 0 aromatic heterocycles. The van der Waals surface area contributed by atoms with Crippen molar-refractivity contribution in [3.05, 3.63) is 59.9 Å². The molecule has 3 nitrogen and oxygen atoms in total. The second kappa shape index (κ2) is 7.96. The maximum Gasteiger partial charge on any atom is 0.491 e. The van der Waals surface area contributed by atoms with Gasteiger partial charge in [-0.15, -0.1) is 0 Å². The number of rotatable bonds is 7. The van der Waals surface area contributed by atoms with Crippen LogP contribution in [0.5, 0.6) is 5.75 Å². The van der Waals surface area contributed by atoms with Crippen molar-refractivity contribution in [3.8, 4) is 5.75 Å². The summed E-state index contributed by atoms with van der Waals surface area (Å²) in [5.74, 6) is 0.0607. The summed E-state index contributed by atoms with van der Waals surface area (Å²) in [6.45, 7) is 2.59. The van der Waals surface area contributed by atoms with Gasteiger partial charge in [-0.1, -0.05) is 43.3 Å². The van der Waals surface area contributed by atoms with Gasteiger partial charge in [-0.3, -0.25) is 0 Å². The van der Waals surface area contributed by atoms with E-state index in [0.29, 0.717) is 18.3 Å². The quantitative estimate of drug-likeness (QED) is 0.771. The van der Waals surface area contributed by atoms with Crippen molar-refractivity contribution in [1.29, 1.82) is 0 Å². The topological polar surface area (TPSA) is 49.7 Å². The lowest BCUT2D eigenvalue weighted by Crippen LogP contribution is -2.32. The van der Waals surface area contributed by atoms with E-state index in [1.165, 1.54) is 17.7 Å². The van der Waals surface area contributed by atoms with Gasteiger partial charge in [0.05, 0.1) is 6.61 Å². The van der Waals surface area contributed by atoms with Crippen LogP contribution in [0.15, 0.2) is 48.5 Å². The molecule has 0 saturated heterocycles. The highest BCUT2D eigenvalue weighted by Crippen LogP contribution is 2.16. The van der Waals surface area contributed by atoms with E-state index < -0.39 is 12.9 Å². The van der Waals surface area contributed by atoms with E-state index in [4.69, 9.17) is 14.8 Å². The molecular weight excluding hydrogens is 282 g/mol. The molecule has 2 rings (SSSR count). The highest BCUT2D eigenvalue weighted by Gasteiger charge is 2.17. The summed E-state index contributed by atoms with van der Waals surface area (Å²) in [5, 5.41) is 18.0. The lowest BCUT2D eigenvalue weighted by Gasteiger charge is -2.16. The zero-order valence-electron chi connectivity index (χ0n) is 12.6. The zero-order valence-corrected chi connectivity index (χ0v) is 12.6. The van der Waals surface area contributed by atoms with Crippen LogP contribution in [0.1, 0.15) is 18.9 Å². The minimum absolute atomic E-state index is 0.149. The van der Waals surface area contributed by atoms with Gasteiger partial charge in [0.15, 0.2) is 0 Å². The van der Waals surface area contributed by atoms with Crippen LogP contribution in [0, 0.1) is 11.7 Å². The van der Waals surface area contributed by atoms with Crippen LogP contribution in [0.3, 0.4) is 0 Å². The van der Waals surface area contributed by atoms with Crippen LogP contribution in [-0.4, -0.2) is 23.8 Å². The van der Waals surface area contributed by atoms with Crippen LogP contribution in [-0.2, 0) is 6.42 Å². The average molecular weight is 302 g/mol. The Morgan fingerprint density at radius 3 is 2.45 bits per heavy atom. The number of hydrogen-bond donors (Lipinski definition) is 2. The molecule has 2 N–H and O–H groups in total. The molecular formula is C17H20BFO3. The van der Waals surface area contributed by atoms with Gasteiger partial charge in [0.25, 0.3) is 0 Å². The predicted molar refractivity (Wildman–Crippen MR) is 85.6 cm³/mol. The average Bonchev–Trinajstić information content (AvgIpc) is 2.52. The zero-order chi connectivity index (χ0) is 15.9. The molecule has 0 fully saturated rings. The molecule has 0 amide bonds. The van der Waals surface area contributed by atoms with Gasteiger partial charge < -0.3 is 14.8 Å². The Morgan fingerprint density at radius 1 is 1.14 bits per heavy atom. The third-order valence-electron chi connectivity index (χ3n) is 3.68. The second-order valence-corrected chi connectivity index (χ2v) is 5.33. The summed E-state index contributed by atoms with van der Waals surface area (Å²) in [6, 6.07) is 14.2. The third kappa shape index (κ3) is 4.58. The largest absolute Gasteiger partial charge is 0.493 e. The normalized spacial score (nSPS) is 12.0. The van der Waals surface area contributed by atoms with E-state index in [9.17, 15) is 4.39 Å². The Bertz CT molecular complexity index is 590. The summed E-state index contributed by atoms with van der Waals surface area (Å²) in [5.41, 5.74) is 1.10. The fourth-order valence-corrected chi connectivity index (χ4v) is 2.29. The van der Waals surface area contributed by atoms with E-state index in [1.54, 1.807) is 6.07 Å². The first-order valence-corrected chi connectivity index (χ1v) is 7.42. The van der Waals surface area contributed by atoms with E-state index in [0.717, 1.165) is 12.8 Å². The molecule has 2 aromatic rings. The minimum Gasteiger partial charge on any atom is -0.493 e. The molecule has 1 atom stereocenters. The molecule has 0 aliphatic rings. The van der Waals surface area contributed by atoms with Crippen LogP contribution in [0.4, 0.5) is 4.39 Å². The van der Waals surface area contributed by atoms with Gasteiger partial charge in [0.1, 0.15) is 11.6 Å². The van der Waals surface area contributed by atoms with Crippen molar-refractivity contribution < 1.29 is 19.2 Å². The number of ether oxygens (including phenoxy) is 1. The molecule has 0 bridgehead atoms. The Morgan fingerprint density at radius 2 is 1.86 bits per heavy atom. The molecule has 0 aliphatic carbocycles. The van der Waals surface area contributed by atoms with Gasteiger partial charge in [-0.25, -0.2) is 4.39 Å². The number of benzene rings is 2. The Kier molecular flexibility index (Phi) is 5.98. The minimum atomic E-state index is -1.81. The molecule has 116 valence electrons. The molecule has 1 unspecified atom stereocenters. The summed E-state index contributed by atoms with van der Waals surface area (Å²) >= 11 is 0. The van der Waals surface area contributed by atoms with E-state index in [-0.39, 0.29) is 5.46 Å². The van der Waals surface area contributed by atoms with Gasteiger partial charge in [0, 0.05) is 11.5 Å². The van der Waals surface area contributed by atoms with Crippen LogP contribution in [0.25, 0.3) is 0 Å². The van der Waals surface area contributed by atoms with Crippen molar-refractivity contribution in [2.24, 2.45) is 5.92 Å². The Balaban J connectivity index is 1.94. The standard InChI is InChI=1S/C17H20BFO3/c1-2-13(10-14-6-4-3-5-7-14)12-22-15-8-9-16(18(20)21)17(19)11-15/h3-9,11,13,20-21H,2,10,12H2,1H3. The fourth-order valence-electron chi connectivity index (χ4n) is 2.29. The van der Waals surface area contributed by atoms with Gasteiger partial charge in [0.2, 0.25) is 0 Å². The first-order chi connectivity index (χ1) is 10.6. The first-order valence-electron chi connectivity index (χ1n) is 7.42. The summed E-state index contributed by atoms with van der Waals surface area (Å²) in [7, 11) is -1.81. The van der Waals surface area contributed by atoms with Gasteiger partial charge in [-0.05, 0) is 30.4 Å². The maximum absolute atomic E-state index is 13.7. The summed E-state index contributed by atoms with van der Waals surface area (Å²) in [6.07, 6.45) is 1.87. The highest BCUT2D eigenvalue weighted by molar-refractivity contribution is 6.58. The highest BCUT2D eigenvalue weighted by atomic mass is 19.1. The van der Waals surface area contributed by atoms with E-state index in [2.05, 4.69) is 19.1 Å². The molecule has 2 aromatic carbocycles. The smallest absolute Gasteiger partial charge is 0.491 e. The van der Waals surface area contributed by atoms with Crippen molar-refractivity contribution in [1.82, 2.24) is 0 Å². The predicted octanol–water partition coefficient (Wildman–Crippen LogP) is 2.15. The fraction of sp³-hybridized carbons (Fsp3) is 0.294. The molecule has 5 heteroatoms. The second-order valence-electron chi connectivity index (χ2n) is 5.33. The molecule has 22 heavy (non-hydrogen) atoms. The van der Waals surface area contributed by atoms with E-state index in [1.807, 2.05) is 18.2 Å². The lowest BCUT2D eigenvalue weighted by atomic mass is 9.80. The van der Waals surface area contributed by atoms with Crippen molar-refractivity contribution in [2.75, 3.05) is 6.61 Å². The Labute approximate surface area is 130 Å². The monoisotopic (exact) mass is 302 g/mol. The first kappa shape index (κ1) is 16.5. The third-order valence-corrected chi connectivity index (χ3v) is 3.68. The SMILES string of the molecule is CCC(COc1ccc(B(O)O)c(F)c1)Cc1ccccc1. The number of hydrogen-bond acceptors (Lipinski definition) is 3. The van der Waals surface area contributed by atoms with Gasteiger partial charge in [-0.2, -0.15) is 0 Å². The lowest BCUT2D eigenvalue weighted by molar-refractivity contribution is 0.243. The maximum atomic E-state index is 13.7. The van der Waals surface area contributed by atoms with Crippen LogP contribution >= 0.6 is 0 Å². The molecule has 0 aliphatic heterocycles. The molecule has 0 spiro atoms. The van der Waals surface area contributed by atoms with Crippen molar-refractivity contribution in [3.63, 3.8) is 0 Å². The molecule has 0 heterocycles. The Hall–Kier alpha value is -1.85. The van der Waals surface area contributed by atoms with Gasteiger partial charge >= 0.3 is 7.12 Å². The van der Waals surface area contributed by atoms with Crippen molar-refractivity contribution >= 4 is 12.6 Å². The van der Waals surface area contributed by atoms with E-state index >= 15 is 0 Å². The molecule has 0 saturated carbocycles. The van der Waals surface area contributed by atoms with Crippen LogP contribution < -0.4 is 10.2 Å². The number of halogens is 1. The van der Waals surface area contributed by atoms with Crippen LogP contribution in [0.2, 0.25) is 0 Å². The van der Waals surface area contributed by atoms with Crippen molar-refractivity contribution in [2.45, 2.75) is 19.8 Å². The molecule has 0 radical (unpaired) electrons. The summed E-state index contributed by atoms with van der Waals surface area (Å²) < 4.78 is 19.3.